The first-order chi connectivity index (χ1) is 16.8. The van der Waals surface area contributed by atoms with Crippen LogP contribution in [0.1, 0.15) is 12.5 Å². The number of imidazole rings is 1. The standard InChI is InChI=1S/C25H26ClN5O4/c1-15-12-29(19-10-9-17(34-3)11-20(19)35-4)24-27-22-21(30(24)13-15)23(32)31(25(33)28(22)2)14-16-7-5-6-8-18(16)26/h5-11,15H,12-14H2,1-4H3. The quantitative estimate of drug-likeness (QED) is 0.422. The molecule has 0 amide bonds. The molecule has 3 heterocycles. The highest BCUT2D eigenvalue weighted by Gasteiger charge is 2.31. The molecule has 35 heavy (non-hydrogen) atoms. The molecule has 9 nitrogen and oxygen atoms in total. The number of aryl methyl sites for hydroxylation is 1. The Balaban J connectivity index is 1.72. The minimum Gasteiger partial charge on any atom is -0.497 e. The summed E-state index contributed by atoms with van der Waals surface area (Å²) < 4.78 is 15.5. The molecule has 4 aromatic rings. The average Bonchev–Trinajstić information content (AvgIpc) is 3.25. The van der Waals surface area contributed by atoms with Gasteiger partial charge in [-0.25, -0.2) is 4.79 Å². The van der Waals surface area contributed by atoms with Crippen molar-refractivity contribution in [3.63, 3.8) is 0 Å². The predicted molar refractivity (Wildman–Crippen MR) is 136 cm³/mol. The summed E-state index contributed by atoms with van der Waals surface area (Å²) in [5.41, 5.74) is 1.40. The summed E-state index contributed by atoms with van der Waals surface area (Å²) in [5.74, 6) is 2.10. The van der Waals surface area contributed by atoms with E-state index in [-0.39, 0.29) is 12.5 Å². The van der Waals surface area contributed by atoms with Gasteiger partial charge in [-0.05, 0) is 29.7 Å². The van der Waals surface area contributed by atoms with Gasteiger partial charge in [0.2, 0.25) is 5.95 Å². The number of ether oxygens (including phenoxy) is 2. The number of benzene rings is 2. The molecule has 0 spiro atoms. The lowest BCUT2D eigenvalue weighted by molar-refractivity contribution is 0.392. The van der Waals surface area contributed by atoms with Crippen molar-refractivity contribution in [2.45, 2.75) is 20.0 Å². The molecule has 1 aliphatic heterocycles. The number of rotatable bonds is 5. The average molecular weight is 496 g/mol. The van der Waals surface area contributed by atoms with E-state index in [1.807, 2.05) is 45.9 Å². The third-order valence-electron chi connectivity index (χ3n) is 6.41. The minimum absolute atomic E-state index is 0.0766. The number of fused-ring (bicyclic) bond motifs is 3. The first-order valence-corrected chi connectivity index (χ1v) is 11.6. The van der Waals surface area contributed by atoms with Crippen LogP contribution in [-0.2, 0) is 20.1 Å². The molecular weight excluding hydrogens is 470 g/mol. The Morgan fingerprint density at radius 1 is 1.09 bits per heavy atom. The Morgan fingerprint density at radius 3 is 2.57 bits per heavy atom. The van der Waals surface area contributed by atoms with Crippen molar-refractivity contribution in [1.82, 2.24) is 18.7 Å². The maximum atomic E-state index is 13.7. The van der Waals surface area contributed by atoms with Crippen molar-refractivity contribution in [3.05, 3.63) is 73.9 Å². The van der Waals surface area contributed by atoms with E-state index in [9.17, 15) is 9.59 Å². The highest BCUT2D eigenvalue weighted by Crippen LogP contribution is 2.39. The van der Waals surface area contributed by atoms with E-state index < -0.39 is 11.2 Å². The van der Waals surface area contributed by atoms with Crippen molar-refractivity contribution in [2.75, 3.05) is 25.7 Å². The zero-order valence-corrected chi connectivity index (χ0v) is 20.7. The molecule has 0 saturated carbocycles. The Bertz CT molecular complexity index is 1550. The molecule has 0 N–H and O–H groups in total. The van der Waals surface area contributed by atoms with E-state index in [1.54, 1.807) is 27.3 Å². The summed E-state index contributed by atoms with van der Waals surface area (Å²) in [4.78, 5) is 33.7. The van der Waals surface area contributed by atoms with Crippen molar-refractivity contribution >= 4 is 34.4 Å². The lowest BCUT2D eigenvalue weighted by Crippen LogP contribution is -2.40. The zero-order chi connectivity index (χ0) is 24.9. The highest BCUT2D eigenvalue weighted by molar-refractivity contribution is 6.31. The lowest BCUT2D eigenvalue weighted by Gasteiger charge is -2.33. The number of halogens is 1. The maximum absolute atomic E-state index is 13.7. The predicted octanol–water partition coefficient (Wildman–Crippen LogP) is 3.40. The molecule has 0 fully saturated rings. The van der Waals surface area contributed by atoms with Crippen LogP contribution in [0.25, 0.3) is 11.2 Å². The molecule has 0 saturated heterocycles. The van der Waals surface area contributed by atoms with E-state index in [2.05, 4.69) is 6.92 Å². The molecule has 2 aromatic carbocycles. The third kappa shape index (κ3) is 3.76. The number of methoxy groups -OCH3 is 2. The van der Waals surface area contributed by atoms with Crippen LogP contribution in [0.15, 0.2) is 52.1 Å². The van der Waals surface area contributed by atoms with Gasteiger partial charge in [0.15, 0.2) is 11.2 Å². The summed E-state index contributed by atoms with van der Waals surface area (Å²) in [6, 6.07) is 12.8. The SMILES string of the molecule is COc1ccc(N2CC(C)Cn3c2nc2c3c(=O)n(Cc3ccccc3Cl)c(=O)n2C)c(OC)c1. The maximum Gasteiger partial charge on any atom is 0.332 e. The number of aromatic nitrogens is 4. The second-order valence-electron chi connectivity index (χ2n) is 8.77. The van der Waals surface area contributed by atoms with Crippen LogP contribution in [-0.4, -0.2) is 39.4 Å². The molecule has 2 aromatic heterocycles. The van der Waals surface area contributed by atoms with Crippen molar-refractivity contribution in [2.24, 2.45) is 13.0 Å². The fraction of sp³-hybridized carbons (Fsp3) is 0.320. The number of hydrogen-bond donors (Lipinski definition) is 0. The van der Waals surface area contributed by atoms with E-state index in [0.29, 0.717) is 52.3 Å². The van der Waals surface area contributed by atoms with Crippen LogP contribution in [0.3, 0.4) is 0 Å². The minimum atomic E-state index is -0.445. The first kappa shape index (κ1) is 23.0. The van der Waals surface area contributed by atoms with Gasteiger partial charge >= 0.3 is 5.69 Å². The largest absolute Gasteiger partial charge is 0.497 e. The summed E-state index contributed by atoms with van der Waals surface area (Å²) >= 11 is 6.32. The van der Waals surface area contributed by atoms with Crippen LogP contribution >= 0.6 is 11.6 Å². The van der Waals surface area contributed by atoms with Gasteiger partial charge < -0.3 is 18.9 Å². The summed E-state index contributed by atoms with van der Waals surface area (Å²) in [7, 11) is 4.84. The second-order valence-corrected chi connectivity index (χ2v) is 9.18. The zero-order valence-electron chi connectivity index (χ0n) is 20.0. The monoisotopic (exact) mass is 495 g/mol. The molecule has 10 heteroatoms. The Labute approximate surface area is 206 Å². The van der Waals surface area contributed by atoms with Crippen LogP contribution in [0.4, 0.5) is 11.6 Å². The first-order valence-electron chi connectivity index (χ1n) is 11.3. The molecule has 0 aliphatic carbocycles. The van der Waals surface area contributed by atoms with E-state index in [0.717, 1.165) is 5.69 Å². The molecule has 1 atom stereocenters. The normalized spacial score (nSPS) is 15.3. The van der Waals surface area contributed by atoms with Gasteiger partial charge in [-0.2, -0.15) is 4.98 Å². The fourth-order valence-electron chi connectivity index (χ4n) is 4.65. The Morgan fingerprint density at radius 2 is 1.86 bits per heavy atom. The van der Waals surface area contributed by atoms with E-state index >= 15 is 0 Å². The van der Waals surface area contributed by atoms with Gasteiger partial charge in [0.25, 0.3) is 5.56 Å². The second kappa shape index (κ2) is 8.81. The Hall–Kier alpha value is -3.72. The molecule has 5 rings (SSSR count). The summed E-state index contributed by atoms with van der Waals surface area (Å²) in [6.07, 6.45) is 0. The molecule has 0 radical (unpaired) electrons. The molecule has 1 aliphatic rings. The lowest BCUT2D eigenvalue weighted by atomic mass is 10.1. The molecule has 1 unspecified atom stereocenters. The van der Waals surface area contributed by atoms with E-state index in [4.69, 9.17) is 26.1 Å². The van der Waals surface area contributed by atoms with Crippen LogP contribution in [0.2, 0.25) is 5.02 Å². The van der Waals surface area contributed by atoms with Crippen molar-refractivity contribution in [1.29, 1.82) is 0 Å². The van der Waals surface area contributed by atoms with Crippen LogP contribution in [0.5, 0.6) is 11.5 Å². The third-order valence-corrected chi connectivity index (χ3v) is 6.77. The van der Waals surface area contributed by atoms with Gasteiger partial charge in [-0.3, -0.25) is 13.9 Å². The van der Waals surface area contributed by atoms with Crippen LogP contribution < -0.4 is 25.6 Å². The van der Waals surface area contributed by atoms with Crippen LogP contribution in [0, 0.1) is 5.92 Å². The van der Waals surface area contributed by atoms with E-state index in [1.165, 1.54) is 9.13 Å². The smallest absolute Gasteiger partial charge is 0.332 e. The topological polar surface area (TPSA) is 83.5 Å². The molecular formula is C25H26ClN5O4. The number of anilines is 2. The van der Waals surface area contributed by atoms with Gasteiger partial charge in [0.1, 0.15) is 11.5 Å². The van der Waals surface area contributed by atoms with Gasteiger partial charge in [-0.15, -0.1) is 0 Å². The number of hydrogen-bond acceptors (Lipinski definition) is 6. The van der Waals surface area contributed by atoms with Crippen molar-refractivity contribution in [3.8, 4) is 11.5 Å². The van der Waals surface area contributed by atoms with Crippen molar-refractivity contribution < 1.29 is 9.47 Å². The fourth-order valence-corrected chi connectivity index (χ4v) is 4.85. The summed E-state index contributed by atoms with van der Waals surface area (Å²) in [5, 5.41) is 0.503. The highest BCUT2D eigenvalue weighted by atomic mass is 35.5. The van der Waals surface area contributed by atoms with Gasteiger partial charge in [0, 0.05) is 31.2 Å². The van der Waals surface area contributed by atoms with Gasteiger partial charge in [-0.1, -0.05) is 36.7 Å². The number of nitrogens with zero attached hydrogens (tertiary/aromatic N) is 5. The Kier molecular flexibility index (Phi) is 5.80. The van der Waals surface area contributed by atoms with Gasteiger partial charge in [0.05, 0.1) is 26.5 Å². The molecule has 0 bridgehead atoms. The molecule has 182 valence electrons. The summed E-state index contributed by atoms with van der Waals surface area (Å²) in [6.45, 7) is 3.46.